The second kappa shape index (κ2) is 8.76. The molecule has 3 aromatic carbocycles. The van der Waals surface area contributed by atoms with Gasteiger partial charge in [0.15, 0.2) is 11.5 Å². The minimum Gasteiger partial charge on any atom is -0.493 e. The number of benzene rings is 3. The lowest BCUT2D eigenvalue weighted by atomic mass is 10.0. The Labute approximate surface area is 158 Å². The van der Waals surface area contributed by atoms with E-state index in [0.29, 0.717) is 17.2 Å². The lowest BCUT2D eigenvalue weighted by molar-refractivity contribution is -0.114. The van der Waals surface area contributed by atoms with Crippen LogP contribution in [0.5, 0.6) is 11.5 Å². The summed E-state index contributed by atoms with van der Waals surface area (Å²) in [7, 11) is 3.13. The number of carbonyl (C=O) groups excluding carboxylic acids is 1. The van der Waals surface area contributed by atoms with Gasteiger partial charge in [-0.05, 0) is 23.8 Å². The molecule has 3 rings (SSSR count). The van der Waals surface area contributed by atoms with Gasteiger partial charge in [0, 0.05) is 23.0 Å². The van der Waals surface area contributed by atoms with Gasteiger partial charge in [-0.25, -0.2) is 0 Å². The van der Waals surface area contributed by atoms with Crippen molar-refractivity contribution in [2.45, 2.75) is 0 Å². The summed E-state index contributed by atoms with van der Waals surface area (Å²) in [6.07, 6.45) is 0. The van der Waals surface area contributed by atoms with E-state index in [9.17, 15) is 4.79 Å². The molecule has 0 aliphatic rings. The van der Waals surface area contributed by atoms with Crippen LogP contribution in [-0.2, 0) is 4.79 Å². The molecule has 0 heterocycles. The van der Waals surface area contributed by atoms with E-state index < -0.39 is 0 Å². The first kappa shape index (κ1) is 18.3. The Balaban J connectivity index is 1.67. The van der Waals surface area contributed by atoms with Crippen LogP contribution in [0.3, 0.4) is 0 Å². The quantitative estimate of drug-likeness (QED) is 0.653. The summed E-state index contributed by atoms with van der Waals surface area (Å²) in [5.41, 5.74) is 3.71. The molecule has 0 fully saturated rings. The van der Waals surface area contributed by atoms with E-state index in [4.69, 9.17) is 9.47 Å². The predicted molar refractivity (Wildman–Crippen MR) is 109 cm³/mol. The van der Waals surface area contributed by atoms with Crippen molar-refractivity contribution in [3.63, 3.8) is 0 Å². The van der Waals surface area contributed by atoms with Crippen LogP contribution in [0.15, 0.2) is 72.8 Å². The highest BCUT2D eigenvalue weighted by atomic mass is 16.5. The van der Waals surface area contributed by atoms with Crippen molar-refractivity contribution in [2.75, 3.05) is 31.4 Å². The number of anilines is 2. The van der Waals surface area contributed by atoms with Gasteiger partial charge in [-0.1, -0.05) is 48.5 Å². The van der Waals surface area contributed by atoms with Crippen LogP contribution < -0.4 is 20.1 Å². The number of ether oxygens (including phenoxy) is 2. The van der Waals surface area contributed by atoms with Gasteiger partial charge in [0.2, 0.25) is 5.91 Å². The highest BCUT2D eigenvalue weighted by Crippen LogP contribution is 2.30. The fraction of sp³-hybridized carbons (Fsp3) is 0.136. The van der Waals surface area contributed by atoms with Crippen molar-refractivity contribution in [3.05, 3.63) is 72.8 Å². The van der Waals surface area contributed by atoms with Gasteiger partial charge in [0.05, 0.1) is 20.8 Å². The molecule has 0 spiro atoms. The van der Waals surface area contributed by atoms with Crippen LogP contribution in [0.4, 0.5) is 11.4 Å². The third kappa shape index (κ3) is 4.58. The number of carbonyl (C=O) groups is 1. The Bertz CT molecular complexity index is 910. The first-order valence-corrected chi connectivity index (χ1v) is 8.61. The van der Waals surface area contributed by atoms with E-state index in [1.165, 1.54) is 0 Å². The summed E-state index contributed by atoms with van der Waals surface area (Å²) < 4.78 is 10.5. The zero-order valence-corrected chi connectivity index (χ0v) is 15.4. The minimum absolute atomic E-state index is 0.148. The first-order valence-electron chi connectivity index (χ1n) is 8.61. The Kier molecular flexibility index (Phi) is 5.94. The molecular formula is C22H22N2O3. The number of hydrogen-bond donors (Lipinski definition) is 2. The summed E-state index contributed by atoms with van der Waals surface area (Å²) in [6, 6.07) is 23.3. The summed E-state index contributed by atoms with van der Waals surface area (Å²) >= 11 is 0. The normalized spacial score (nSPS) is 10.1. The maximum atomic E-state index is 12.3. The molecule has 3 aromatic rings. The number of methoxy groups -OCH3 is 2. The number of nitrogens with one attached hydrogen (secondary N) is 2. The van der Waals surface area contributed by atoms with E-state index in [1.807, 2.05) is 54.6 Å². The van der Waals surface area contributed by atoms with Crippen molar-refractivity contribution in [1.29, 1.82) is 0 Å². The van der Waals surface area contributed by atoms with Crippen LogP contribution in [0.25, 0.3) is 11.1 Å². The van der Waals surface area contributed by atoms with E-state index in [-0.39, 0.29) is 12.5 Å². The van der Waals surface area contributed by atoms with Gasteiger partial charge in [-0.3, -0.25) is 4.79 Å². The molecule has 2 N–H and O–H groups in total. The monoisotopic (exact) mass is 362 g/mol. The van der Waals surface area contributed by atoms with E-state index in [0.717, 1.165) is 16.8 Å². The van der Waals surface area contributed by atoms with Crippen LogP contribution in [0, 0.1) is 0 Å². The summed E-state index contributed by atoms with van der Waals surface area (Å²) in [5.74, 6) is 1.04. The third-order valence-corrected chi connectivity index (χ3v) is 4.12. The zero-order valence-electron chi connectivity index (χ0n) is 15.4. The molecule has 0 saturated heterocycles. The fourth-order valence-corrected chi connectivity index (χ4v) is 2.80. The highest BCUT2D eigenvalue weighted by molar-refractivity contribution is 5.94. The summed E-state index contributed by atoms with van der Waals surface area (Å²) in [6.45, 7) is 0.151. The Hall–Kier alpha value is -3.47. The van der Waals surface area contributed by atoms with Crippen molar-refractivity contribution in [2.24, 2.45) is 0 Å². The highest BCUT2D eigenvalue weighted by Gasteiger charge is 2.09. The molecule has 0 radical (unpaired) electrons. The third-order valence-electron chi connectivity index (χ3n) is 4.12. The second-order valence-corrected chi connectivity index (χ2v) is 5.88. The van der Waals surface area contributed by atoms with E-state index in [1.54, 1.807) is 32.4 Å². The standard InChI is InChI=1S/C22H22N2O3/c1-26-20-13-12-17(14-21(20)27-2)24-22(25)15-23-19-11-7-6-10-18(19)16-8-4-3-5-9-16/h3-14,23H,15H2,1-2H3,(H,24,25). The largest absolute Gasteiger partial charge is 0.493 e. The topological polar surface area (TPSA) is 59.6 Å². The Morgan fingerprint density at radius 1 is 0.852 bits per heavy atom. The molecule has 5 heteroatoms. The predicted octanol–water partition coefficient (Wildman–Crippen LogP) is 4.42. The molecule has 0 aliphatic heterocycles. The average Bonchev–Trinajstić information content (AvgIpc) is 2.73. The SMILES string of the molecule is COc1ccc(NC(=O)CNc2ccccc2-c2ccccc2)cc1OC. The molecule has 0 aromatic heterocycles. The number of hydrogen-bond acceptors (Lipinski definition) is 4. The van der Waals surface area contributed by atoms with Gasteiger partial charge < -0.3 is 20.1 Å². The van der Waals surface area contributed by atoms with Crippen LogP contribution in [0.2, 0.25) is 0 Å². The first-order chi connectivity index (χ1) is 13.2. The smallest absolute Gasteiger partial charge is 0.243 e. The number of amides is 1. The molecule has 5 nitrogen and oxygen atoms in total. The lowest BCUT2D eigenvalue weighted by Crippen LogP contribution is -2.22. The molecule has 0 aliphatic carbocycles. The lowest BCUT2D eigenvalue weighted by Gasteiger charge is -2.13. The molecule has 0 saturated carbocycles. The fourth-order valence-electron chi connectivity index (χ4n) is 2.80. The average molecular weight is 362 g/mol. The zero-order chi connectivity index (χ0) is 19.1. The van der Waals surface area contributed by atoms with Gasteiger partial charge in [-0.2, -0.15) is 0 Å². The van der Waals surface area contributed by atoms with Crippen molar-refractivity contribution in [3.8, 4) is 22.6 Å². The molecule has 1 amide bonds. The summed E-state index contributed by atoms with van der Waals surface area (Å²) in [5, 5.41) is 6.08. The van der Waals surface area contributed by atoms with Gasteiger partial charge >= 0.3 is 0 Å². The van der Waals surface area contributed by atoms with Crippen LogP contribution in [0.1, 0.15) is 0 Å². The Morgan fingerprint density at radius 3 is 2.30 bits per heavy atom. The molecule has 0 unspecified atom stereocenters. The van der Waals surface area contributed by atoms with Gasteiger partial charge in [0.25, 0.3) is 0 Å². The molecule has 138 valence electrons. The molecule has 27 heavy (non-hydrogen) atoms. The van der Waals surface area contributed by atoms with Crippen molar-refractivity contribution < 1.29 is 14.3 Å². The second-order valence-electron chi connectivity index (χ2n) is 5.88. The molecular weight excluding hydrogens is 340 g/mol. The van der Waals surface area contributed by atoms with Crippen molar-refractivity contribution in [1.82, 2.24) is 0 Å². The maximum Gasteiger partial charge on any atom is 0.243 e. The maximum absolute atomic E-state index is 12.3. The van der Waals surface area contributed by atoms with Gasteiger partial charge in [0.1, 0.15) is 0 Å². The van der Waals surface area contributed by atoms with Crippen LogP contribution in [-0.4, -0.2) is 26.7 Å². The van der Waals surface area contributed by atoms with E-state index in [2.05, 4.69) is 10.6 Å². The number of para-hydroxylation sites is 1. The molecule has 0 atom stereocenters. The number of rotatable bonds is 7. The Morgan fingerprint density at radius 2 is 1.56 bits per heavy atom. The van der Waals surface area contributed by atoms with Crippen LogP contribution >= 0.6 is 0 Å². The minimum atomic E-state index is -0.148. The molecule has 0 bridgehead atoms. The summed E-state index contributed by atoms with van der Waals surface area (Å²) in [4.78, 5) is 12.3. The van der Waals surface area contributed by atoms with Gasteiger partial charge in [-0.15, -0.1) is 0 Å². The van der Waals surface area contributed by atoms with Crippen molar-refractivity contribution >= 4 is 17.3 Å². The van der Waals surface area contributed by atoms with E-state index >= 15 is 0 Å².